The number of ether oxygens (including phenoxy) is 2. The molecule has 0 radical (unpaired) electrons. The number of aromatic hydroxyl groups is 1. The number of hydrogen-bond acceptors (Lipinski definition) is 6. The molecule has 1 atom stereocenters. The molecule has 3 rings (SSSR count). The van der Waals surface area contributed by atoms with Crippen LogP contribution in [0.15, 0.2) is 48.0 Å². The molecule has 1 amide bonds. The molecule has 1 aliphatic heterocycles. The number of amides is 1. The molecule has 1 saturated heterocycles. The lowest BCUT2D eigenvalue weighted by Crippen LogP contribution is -2.32. The summed E-state index contributed by atoms with van der Waals surface area (Å²) in [6, 6.07) is 10.7. The van der Waals surface area contributed by atoms with Crippen LogP contribution in [0.4, 0.5) is 0 Å². The van der Waals surface area contributed by atoms with E-state index in [1.165, 1.54) is 24.1 Å². The third kappa shape index (κ3) is 4.78. The van der Waals surface area contributed by atoms with Crippen LogP contribution in [0.3, 0.4) is 0 Å². The average Bonchev–Trinajstić information content (AvgIpc) is 3.01. The zero-order valence-electron chi connectivity index (χ0n) is 18.8. The largest absolute Gasteiger partial charge is 0.508 e. The van der Waals surface area contributed by atoms with Gasteiger partial charge >= 0.3 is 0 Å². The van der Waals surface area contributed by atoms with Crippen LogP contribution in [0.25, 0.3) is 5.76 Å². The third-order valence-corrected chi connectivity index (χ3v) is 5.32. The summed E-state index contributed by atoms with van der Waals surface area (Å²) in [4.78, 5) is 27.2. The molecule has 1 unspecified atom stereocenters. The van der Waals surface area contributed by atoms with Gasteiger partial charge in [-0.15, -0.1) is 0 Å². The van der Waals surface area contributed by atoms with Gasteiger partial charge in [-0.05, 0) is 54.3 Å². The molecular formula is C25H29NO6. The molecule has 170 valence electrons. The molecule has 0 aromatic heterocycles. The van der Waals surface area contributed by atoms with E-state index in [2.05, 4.69) is 13.8 Å². The Labute approximate surface area is 187 Å². The van der Waals surface area contributed by atoms with E-state index in [0.29, 0.717) is 29.4 Å². The van der Waals surface area contributed by atoms with Gasteiger partial charge in [-0.1, -0.05) is 26.0 Å². The molecule has 2 aromatic rings. The first-order valence-corrected chi connectivity index (χ1v) is 10.5. The number of carbonyl (C=O) groups excluding carboxylic acids is 2. The molecule has 7 heteroatoms. The summed E-state index contributed by atoms with van der Waals surface area (Å²) < 4.78 is 10.9. The van der Waals surface area contributed by atoms with Gasteiger partial charge in [-0.25, -0.2) is 0 Å². The normalized spacial score (nSPS) is 17.9. The fourth-order valence-corrected chi connectivity index (χ4v) is 3.70. The van der Waals surface area contributed by atoms with Gasteiger partial charge < -0.3 is 24.6 Å². The average molecular weight is 440 g/mol. The molecular weight excluding hydrogens is 410 g/mol. The Morgan fingerprint density at radius 2 is 1.81 bits per heavy atom. The monoisotopic (exact) mass is 439 g/mol. The molecule has 7 nitrogen and oxygen atoms in total. The summed E-state index contributed by atoms with van der Waals surface area (Å²) in [6.07, 6.45) is 0. The number of phenolic OH excluding ortho intramolecular Hbond substituents is 1. The Morgan fingerprint density at radius 1 is 1.12 bits per heavy atom. The van der Waals surface area contributed by atoms with E-state index in [9.17, 15) is 19.8 Å². The number of aliphatic hydroxyl groups is 1. The highest BCUT2D eigenvalue weighted by Gasteiger charge is 2.46. The van der Waals surface area contributed by atoms with Crippen LogP contribution in [-0.2, 0) is 14.3 Å². The number of carbonyl (C=O) groups is 2. The van der Waals surface area contributed by atoms with Crippen LogP contribution in [0.2, 0.25) is 0 Å². The first-order valence-electron chi connectivity index (χ1n) is 10.5. The number of aryl methyl sites for hydroxylation is 1. The van der Waals surface area contributed by atoms with Crippen LogP contribution in [0.1, 0.15) is 36.6 Å². The van der Waals surface area contributed by atoms with Crippen molar-refractivity contribution in [3.63, 3.8) is 0 Å². The van der Waals surface area contributed by atoms with E-state index in [1.54, 1.807) is 30.3 Å². The first kappa shape index (κ1) is 23.3. The molecule has 2 aromatic carbocycles. The van der Waals surface area contributed by atoms with Crippen molar-refractivity contribution < 1.29 is 29.3 Å². The summed E-state index contributed by atoms with van der Waals surface area (Å²) in [5.41, 5.74) is 1.79. The van der Waals surface area contributed by atoms with Crippen LogP contribution in [-0.4, -0.2) is 53.7 Å². The molecule has 1 aliphatic rings. The van der Waals surface area contributed by atoms with Crippen molar-refractivity contribution >= 4 is 17.4 Å². The van der Waals surface area contributed by atoms with Crippen molar-refractivity contribution in [2.75, 3.05) is 26.9 Å². The highest BCUT2D eigenvalue weighted by atomic mass is 16.5. The summed E-state index contributed by atoms with van der Waals surface area (Å²) >= 11 is 0. The first-order chi connectivity index (χ1) is 15.2. The number of likely N-dealkylation sites (tertiary alicyclic amines) is 1. The summed E-state index contributed by atoms with van der Waals surface area (Å²) in [7, 11) is 1.51. The van der Waals surface area contributed by atoms with Crippen molar-refractivity contribution in [2.24, 2.45) is 5.92 Å². The number of Topliss-reactive ketones (excluding diaryl/α,β-unsaturated/α-hetero) is 1. The summed E-state index contributed by atoms with van der Waals surface area (Å²) in [5, 5.41) is 20.8. The second-order valence-corrected chi connectivity index (χ2v) is 8.26. The topological polar surface area (TPSA) is 96.3 Å². The van der Waals surface area contributed by atoms with Gasteiger partial charge in [0.2, 0.25) is 0 Å². The van der Waals surface area contributed by atoms with Crippen LogP contribution in [0.5, 0.6) is 11.5 Å². The Balaban J connectivity index is 2.07. The maximum absolute atomic E-state index is 13.0. The fraction of sp³-hybridized carbons (Fsp3) is 0.360. The van der Waals surface area contributed by atoms with E-state index >= 15 is 0 Å². The van der Waals surface area contributed by atoms with E-state index in [1.807, 2.05) is 6.92 Å². The van der Waals surface area contributed by atoms with Gasteiger partial charge in [0, 0.05) is 19.2 Å². The Bertz CT molecular complexity index is 1030. The lowest BCUT2D eigenvalue weighted by atomic mass is 9.94. The van der Waals surface area contributed by atoms with Gasteiger partial charge in [0.1, 0.15) is 17.3 Å². The summed E-state index contributed by atoms with van der Waals surface area (Å²) in [6.45, 7) is 6.91. The summed E-state index contributed by atoms with van der Waals surface area (Å²) in [5.74, 6) is -0.586. The number of rotatable bonds is 8. The third-order valence-electron chi connectivity index (χ3n) is 5.32. The van der Waals surface area contributed by atoms with Crippen molar-refractivity contribution in [2.45, 2.75) is 26.8 Å². The quantitative estimate of drug-likeness (QED) is 0.369. The maximum Gasteiger partial charge on any atom is 0.295 e. The Hall–Kier alpha value is -3.32. The molecule has 2 N–H and O–H groups in total. The molecule has 1 fully saturated rings. The van der Waals surface area contributed by atoms with Gasteiger partial charge in [-0.2, -0.15) is 0 Å². The zero-order valence-corrected chi connectivity index (χ0v) is 18.8. The standard InChI is InChI=1S/C25H29NO6/c1-15(2)14-32-19-9-10-20(16(3)13-19)23(28)21-22(17-5-7-18(27)8-6-17)26(11-12-31-4)25(30)24(21)29/h5-10,13,15,22,27-28H,11-12,14H2,1-4H3/b23-21+. The van der Waals surface area contributed by atoms with Gasteiger partial charge in [0.25, 0.3) is 11.7 Å². The molecule has 0 spiro atoms. The van der Waals surface area contributed by atoms with Gasteiger partial charge in [0.15, 0.2) is 0 Å². The number of benzene rings is 2. The molecule has 0 aliphatic carbocycles. The second kappa shape index (κ2) is 9.87. The minimum absolute atomic E-state index is 0.00995. The van der Waals surface area contributed by atoms with E-state index in [0.717, 1.165) is 5.56 Å². The second-order valence-electron chi connectivity index (χ2n) is 8.26. The lowest BCUT2D eigenvalue weighted by molar-refractivity contribution is -0.140. The Morgan fingerprint density at radius 3 is 2.41 bits per heavy atom. The maximum atomic E-state index is 13.0. The fourth-order valence-electron chi connectivity index (χ4n) is 3.70. The number of aliphatic hydroxyl groups excluding tert-OH is 1. The van der Waals surface area contributed by atoms with E-state index < -0.39 is 17.7 Å². The predicted octanol–water partition coefficient (Wildman–Crippen LogP) is 3.80. The van der Waals surface area contributed by atoms with Crippen molar-refractivity contribution in [3.05, 3.63) is 64.7 Å². The SMILES string of the molecule is COCCN1C(=O)C(=O)/C(=C(/O)c2ccc(OCC(C)C)cc2C)C1c1ccc(O)cc1. The number of phenols is 1. The number of methoxy groups -OCH3 is 1. The highest BCUT2D eigenvalue weighted by Crippen LogP contribution is 2.40. The molecule has 32 heavy (non-hydrogen) atoms. The van der Waals surface area contributed by atoms with Crippen molar-refractivity contribution in [3.8, 4) is 11.5 Å². The smallest absolute Gasteiger partial charge is 0.295 e. The lowest BCUT2D eigenvalue weighted by Gasteiger charge is -2.25. The predicted molar refractivity (Wildman–Crippen MR) is 121 cm³/mol. The van der Waals surface area contributed by atoms with E-state index in [4.69, 9.17) is 9.47 Å². The molecule has 1 heterocycles. The number of ketones is 1. The van der Waals surface area contributed by atoms with Crippen molar-refractivity contribution in [1.82, 2.24) is 4.90 Å². The highest BCUT2D eigenvalue weighted by molar-refractivity contribution is 6.46. The minimum Gasteiger partial charge on any atom is -0.508 e. The van der Waals surface area contributed by atoms with Gasteiger partial charge in [0.05, 0.1) is 24.8 Å². The van der Waals surface area contributed by atoms with Gasteiger partial charge in [-0.3, -0.25) is 9.59 Å². The number of nitrogens with zero attached hydrogens (tertiary/aromatic N) is 1. The molecule has 0 saturated carbocycles. The zero-order chi connectivity index (χ0) is 23.4. The van der Waals surface area contributed by atoms with Crippen LogP contribution in [0, 0.1) is 12.8 Å². The van der Waals surface area contributed by atoms with E-state index in [-0.39, 0.29) is 30.2 Å². The minimum atomic E-state index is -0.790. The van der Waals surface area contributed by atoms with Crippen LogP contribution < -0.4 is 4.74 Å². The number of hydrogen-bond donors (Lipinski definition) is 2. The van der Waals surface area contributed by atoms with Crippen LogP contribution >= 0.6 is 0 Å². The molecule has 0 bridgehead atoms. The Kier molecular flexibility index (Phi) is 7.20. The van der Waals surface area contributed by atoms with Crippen molar-refractivity contribution in [1.29, 1.82) is 0 Å².